The zero-order valence-corrected chi connectivity index (χ0v) is 15.0. The molecule has 3 aliphatic heterocycles. The van der Waals surface area contributed by atoms with Crippen molar-refractivity contribution in [3.8, 4) is 0 Å². The van der Waals surface area contributed by atoms with Gasteiger partial charge in [0.25, 0.3) is 0 Å². The first-order chi connectivity index (χ1) is 11.0. The van der Waals surface area contributed by atoms with Crippen LogP contribution in [0.4, 0.5) is 0 Å². The minimum atomic E-state index is 0.0963. The normalized spacial score (nSPS) is 41.6. The summed E-state index contributed by atoms with van der Waals surface area (Å²) >= 11 is 0. The van der Waals surface area contributed by atoms with Gasteiger partial charge in [-0.3, -0.25) is 9.80 Å². The number of hydrogen-bond donors (Lipinski definition) is 2. The van der Waals surface area contributed by atoms with Crippen molar-refractivity contribution in [1.82, 2.24) is 15.1 Å². The van der Waals surface area contributed by atoms with Gasteiger partial charge in [0, 0.05) is 56.4 Å². The summed E-state index contributed by atoms with van der Waals surface area (Å²) < 4.78 is 6.29. The van der Waals surface area contributed by atoms with Crippen molar-refractivity contribution >= 4 is 0 Å². The van der Waals surface area contributed by atoms with Gasteiger partial charge in [-0.05, 0) is 46.0 Å². The number of morpholine rings is 1. The average Bonchev–Trinajstić information content (AvgIpc) is 3.01. The van der Waals surface area contributed by atoms with Gasteiger partial charge < -0.3 is 15.8 Å². The van der Waals surface area contributed by atoms with Crippen molar-refractivity contribution in [1.29, 1.82) is 0 Å². The topological polar surface area (TPSA) is 53.8 Å². The van der Waals surface area contributed by atoms with Crippen LogP contribution in [-0.4, -0.2) is 78.4 Å². The summed E-state index contributed by atoms with van der Waals surface area (Å²) in [6.45, 7) is 12.2. The van der Waals surface area contributed by atoms with Crippen molar-refractivity contribution in [3.05, 3.63) is 0 Å². The molecule has 0 radical (unpaired) electrons. The van der Waals surface area contributed by atoms with E-state index in [1.54, 1.807) is 0 Å². The molecule has 2 bridgehead atoms. The lowest BCUT2D eigenvalue weighted by Crippen LogP contribution is -2.72. The number of fused-ring (bicyclic) bond motifs is 2. The molecule has 5 nitrogen and oxygen atoms in total. The third-order valence-corrected chi connectivity index (χ3v) is 6.90. The predicted molar refractivity (Wildman–Crippen MR) is 92.5 cm³/mol. The molecule has 1 saturated carbocycles. The summed E-state index contributed by atoms with van der Waals surface area (Å²) in [5.41, 5.74) is 6.45. The van der Waals surface area contributed by atoms with E-state index in [4.69, 9.17) is 10.5 Å². The van der Waals surface area contributed by atoms with E-state index in [0.717, 1.165) is 32.2 Å². The van der Waals surface area contributed by atoms with Crippen LogP contribution in [0.25, 0.3) is 0 Å². The maximum absolute atomic E-state index is 6.36. The van der Waals surface area contributed by atoms with E-state index in [0.29, 0.717) is 30.2 Å². The standard InChI is InChI=1S/C18H34N4O/c1-12(2)21-10-18(11-21)9-20-15(8-23-18)6-13(3)22-7-14-4-5-16(22)17(14)19/h12-17,20H,4-11,19H2,1-3H3. The Hall–Kier alpha value is -0.200. The molecular formula is C18H34N4O. The molecule has 5 unspecified atom stereocenters. The number of rotatable bonds is 4. The molecule has 0 aromatic rings. The maximum Gasteiger partial charge on any atom is 0.106 e. The third-order valence-electron chi connectivity index (χ3n) is 6.90. The summed E-state index contributed by atoms with van der Waals surface area (Å²) in [6, 6.07) is 2.81. The van der Waals surface area contributed by atoms with Gasteiger partial charge in [0.1, 0.15) is 5.60 Å². The molecular weight excluding hydrogens is 288 g/mol. The maximum atomic E-state index is 6.36. The van der Waals surface area contributed by atoms with Gasteiger partial charge in [0.05, 0.1) is 6.61 Å². The molecule has 23 heavy (non-hydrogen) atoms. The fourth-order valence-electron chi connectivity index (χ4n) is 5.28. The summed E-state index contributed by atoms with van der Waals surface area (Å²) in [7, 11) is 0. The van der Waals surface area contributed by atoms with Crippen LogP contribution in [0.2, 0.25) is 0 Å². The Bertz CT molecular complexity index is 427. The van der Waals surface area contributed by atoms with Crippen LogP contribution in [0.5, 0.6) is 0 Å². The Morgan fingerprint density at radius 3 is 2.57 bits per heavy atom. The van der Waals surface area contributed by atoms with E-state index >= 15 is 0 Å². The van der Waals surface area contributed by atoms with Gasteiger partial charge in [0.2, 0.25) is 0 Å². The molecule has 3 heterocycles. The van der Waals surface area contributed by atoms with Crippen molar-refractivity contribution < 1.29 is 4.74 Å². The Kier molecular flexibility index (Phi) is 4.21. The first-order valence-electron chi connectivity index (χ1n) is 9.60. The SMILES string of the molecule is CC(C)N1CC2(CNC(CC(C)N3CC4CCC3C4N)CO2)C1. The van der Waals surface area contributed by atoms with E-state index in [1.807, 2.05) is 0 Å². The number of likely N-dealkylation sites (tertiary alicyclic amines) is 2. The molecule has 0 amide bonds. The predicted octanol–water partition coefficient (Wildman–Crippen LogP) is 0.638. The number of nitrogens with two attached hydrogens (primary N) is 1. The molecule has 4 rings (SSSR count). The summed E-state index contributed by atoms with van der Waals surface area (Å²) in [5.74, 6) is 0.748. The molecule has 1 spiro atoms. The monoisotopic (exact) mass is 322 g/mol. The van der Waals surface area contributed by atoms with E-state index in [9.17, 15) is 0 Å². The quantitative estimate of drug-likeness (QED) is 0.795. The number of nitrogens with one attached hydrogen (secondary N) is 1. The van der Waals surface area contributed by atoms with Crippen molar-refractivity contribution in [2.24, 2.45) is 11.7 Å². The first-order valence-corrected chi connectivity index (χ1v) is 9.60. The largest absolute Gasteiger partial charge is 0.369 e. The Balaban J connectivity index is 1.24. The van der Waals surface area contributed by atoms with Crippen LogP contribution in [0.15, 0.2) is 0 Å². The molecule has 0 aromatic heterocycles. The highest BCUT2D eigenvalue weighted by molar-refractivity contribution is 5.05. The lowest BCUT2D eigenvalue weighted by molar-refractivity contribution is -0.175. The van der Waals surface area contributed by atoms with Gasteiger partial charge in [-0.1, -0.05) is 0 Å². The third kappa shape index (κ3) is 2.85. The highest BCUT2D eigenvalue weighted by atomic mass is 16.5. The molecule has 5 atom stereocenters. The van der Waals surface area contributed by atoms with Gasteiger partial charge in [0.15, 0.2) is 0 Å². The van der Waals surface area contributed by atoms with Crippen LogP contribution >= 0.6 is 0 Å². The van der Waals surface area contributed by atoms with E-state index in [1.165, 1.54) is 25.8 Å². The zero-order chi connectivity index (χ0) is 16.2. The minimum Gasteiger partial charge on any atom is -0.369 e. The van der Waals surface area contributed by atoms with E-state index < -0.39 is 0 Å². The number of ether oxygens (including phenoxy) is 1. The Morgan fingerprint density at radius 2 is 2.04 bits per heavy atom. The fourth-order valence-corrected chi connectivity index (χ4v) is 5.28. The van der Waals surface area contributed by atoms with Crippen LogP contribution in [0, 0.1) is 5.92 Å². The lowest BCUT2D eigenvalue weighted by atomic mass is 9.89. The van der Waals surface area contributed by atoms with E-state index in [2.05, 4.69) is 35.9 Å². The lowest BCUT2D eigenvalue weighted by Gasteiger charge is -2.54. The Morgan fingerprint density at radius 1 is 1.26 bits per heavy atom. The molecule has 5 heteroatoms. The average molecular weight is 322 g/mol. The molecule has 4 fully saturated rings. The molecule has 0 aromatic carbocycles. The van der Waals surface area contributed by atoms with Crippen LogP contribution < -0.4 is 11.1 Å². The van der Waals surface area contributed by atoms with Crippen molar-refractivity contribution in [2.45, 2.75) is 75.8 Å². The van der Waals surface area contributed by atoms with Crippen molar-refractivity contribution in [3.63, 3.8) is 0 Å². The molecule has 3 saturated heterocycles. The van der Waals surface area contributed by atoms with Crippen LogP contribution in [-0.2, 0) is 4.74 Å². The van der Waals surface area contributed by atoms with Crippen LogP contribution in [0.3, 0.4) is 0 Å². The van der Waals surface area contributed by atoms with Crippen molar-refractivity contribution in [2.75, 3.05) is 32.8 Å². The van der Waals surface area contributed by atoms with Gasteiger partial charge >= 0.3 is 0 Å². The molecule has 132 valence electrons. The molecule has 4 aliphatic rings. The number of piperidine rings is 1. The molecule has 1 aliphatic carbocycles. The smallest absolute Gasteiger partial charge is 0.106 e. The fraction of sp³-hybridized carbons (Fsp3) is 1.00. The van der Waals surface area contributed by atoms with E-state index in [-0.39, 0.29) is 5.60 Å². The highest BCUT2D eigenvalue weighted by Crippen LogP contribution is 2.38. The second-order valence-electron chi connectivity index (χ2n) is 8.83. The number of nitrogens with zero attached hydrogens (tertiary/aromatic N) is 2. The Labute approximate surface area is 140 Å². The van der Waals surface area contributed by atoms with Gasteiger partial charge in [-0.15, -0.1) is 0 Å². The first kappa shape index (κ1) is 16.3. The summed E-state index contributed by atoms with van der Waals surface area (Å²) in [4.78, 5) is 5.17. The minimum absolute atomic E-state index is 0.0963. The zero-order valence-electron chi connectivity index (χ0n) is 15.0. The van der Waals surface area contributed by atoms with Gasteiger partial charge in [-0.25, -0.2) is 0 Å². The molecule has 3 N–H and O–H groups in total. The van der Waals surface area contributed by atoms with Gasteiger partial charge in [-0.2, -0.15) is 0 Å². The highest BCUT2D eigenvalue weighted by Gasteiger charge is 2.49. The number of hydrogen-bond acceptors (Lipinski definition) is 5. The summed E-state index contributed by atoms with van der Waals surface area (Å²) in [5, 5.41) is 3.77. The second-order valence-corrected chi connectivity index (χ2v) is 8.83. The van der Waals surface area contributed by atoms with Crippen LogP contribution in [0.1, 0.15) is 40.0 Å². The summed E-state index contributed by atoms with van der Waals surface area (Å²) in [6.07, 6.45) is 3.83. The second kappa shape index (κ2) is 5.95.